The molecule has 3 atom stereocenters. The molecule has 0 aliphatic carbocycles. The number of nitrogens with zero attached hydrogens (tertiary/aromatic N) is 1. The number of hydrogen-bond donors (Lipinski definition) is 2. The SMILES string of the molecule is COc1ccc(CN2C3CCC2C(C(=O)O)C3)cc1O. The van der Waals surface area contributed by atoms with E-state index in [2.05, 4.69) is 4.90 Å². The van der Waals surface area contributed by atoms with E-state index in [1.165, 1.54) is 7.11 Å². The monoisotopic (exact) mass is 277 g/mol. The Morgan fingerprint density at radius 1 is 1.45 bits per heavy atom. The van der Waals surface area contributed by atoms with Crippen molar-refractivity contribution in [1.82, 2.24) is 4.90 Å². The molecule has 0 aromatic heterocycles. The van der Waals surface area contributed by atoms with Gasteiger partial charge >= 0.3 is 5.97 Å². The first-order valence-electron chi connectivity index (χ1n) is 6.94. The minimum atomic E-state index is -0.681. The number of carboxylic acids is 1. The molecule has 3 unspecified atom stereocenters. The van der Waals surface area contributed by atoms with Crippen LogP contribution in [-0.2, 0) is 11.3 Å². The number of hydrogen-bond acceptors (Lipinski definition) is 4. The molecule has 5 nitrogen and oxygen atoms in total. The summed E-state index contributed by atoms with van der Waals surface area (Å²) >= 11 is 0. The zero-order valence-electron chi connectivity index (χ0n) is 11.5. The summed E-state index contributed by atoms with van der Waals surface area (Å²) in [6, 6.07) is 5.88. The van der Waals surface area contributed by atoms with Gasteiger partial charge in [-0.25, -0.2) is 0 Å². The van der Waals surface area contributed by atoms with Crippen LogP contribution >= 0.6 is 0 Å². The Bertz CT molecular complexity index is 531. The molecule has 3 rings (SSSR count). The number of benzene rings is 1. The Morgan fingerprint density at radius 3 is 2.85 bits per heavy atom. The van der Waals surface area contributed by atoms with Crippen LogP contribution in [0.2, 0.25) is 0 Å². The lowest BCUT2D eigenvalue weighted by atomic mass is 9.89. The van der Waals surface area contributed by atoms with E-state index in [-0.39, 0.29) is 17.7 Å². The predicted molar refractivity (Wildman–Crippen MR) is 72.8 cm³/mol. The van der Waals surface area contributed by atoms with Crippen LogP contribution < -0.4 is 4.74 Å². The third-order valence-electron chi connectivity index (χ3n) is 4.61. The van der Waals surface area contributed by atoms with Gasteiger partial charge in [0.25, 0.3) is 0 Å². The van der Waals surface area contributed by atoms with Crippen LogP contribution in [0, 0.1) is 5.92 Å². The topological polar surface area (TPSA) is 70.0 Å². The molecule has 0 amide bonds. The molecule has 2 heterocycles. The molecule has 2 aliphatic rings. The fraction of sp³-hybridized carbons (Fsp3) is 0.533. The van der Waals surface area contributed by atoms with Crippen LogP contribution in [0.5, 0.6) is 11.5 Å². The molecular formula is C15H19NO4. The summed E-state index contributed by atoms with van der Waals surface area (Å²) in [6.45, 7) is 0.691. The molecule has 2 aliphatic heterocycles. The molecule has 5 heteroatoms. The molecule has 0 saturated carbocycles. The quantitative estimate of drug-likeness (QED) is 0.878. The van der Waals surface area contributed by atoms with E-state index in [0.29, 0.717) is 18.3 Å². The third-order valence-corrected chi connectivity index (χ3v) is 4.61. The van der Waals surface area contributed by atoms with Crippen LogP contribution in [0.4, 0.5) is 0 Å². The molecule has 2 N–H and O–H groups in total. The molecule has 0 spiro atoms. The summed E-state index contributed by atoms with van der Waals surface area (Å²) in [5.41, 5.74) is 0.992. The third kappa shape index (κ3) is 2.12. The maximum absolute atomic E-state index is 11.2. The van der Waals surface area contributed by atoms with E-state index in [1.54, 1.807) is 12.1 Å². The van der Waals surface area contributed by atoms with E-state index in [4.69, 9.17) is 4.74 Å². The maximum atomic E-state index is 11.2. The first-order valence-corrected chi connectivity index (χ1v) is 6.94. The highest BCUT2D eigenvalue weighted by atomic mass is 16.5. The number of rotatable bonds is 4. The predicted octanol–water partition coefficient (Wildman–Crippen LogP) is 1.84. The number of carboxylic acid groups (broad SMARTS) is 1. The normalized spacial score (nSPS) is 28.8. The van der Waals surface area contributed by atoms with Crippen LogP contribution in [0.3, 0.4) is 0 Å². The van der Waals surface area contributed by atoms with E-state index in [1.807, 2.05) is 6.07 Å². The number of aliphatic carboxylic acids is 1. The van der Waals surface area contributed by atoms with Gasteiger partial charge < -0.3 is 14.9 Å². The zero-order chi connectivity index (χ0) is 14.3. The summed E-state index contributed by atoms with van der Waals surface area (Å²) in [5, 5.41) is 19.1. The Hall–Kier alpha value is -1.75. The Morgan fingerprint density at radius 2 is 2.25 bits per heavy atom. The van der Waals surface area contributed by atoms with Gasteiger partial charge in [-0.2, -0.15) is 0 Å². The molecule has 20 heavy (non-hydrogen) atoms. The Balaban J connectivity index is 1.75. The number of fused-ring (bicyclic) bond motifs is 2. The highest BCUT2D eigenvalue weighted by molar-refractivity contribution is 5.71. The number of ether oxygens (including phenoxy) is 1. The summed E-state index contributed by atoms with van der Waals surface area (Å²) in [5.74, 6) is -0.326. The molecule has 108 valence electrons. The van der Waals surface area contributed by atoms with Crippen molar-refractivity contribution in [2.45, 2.75) is 37.9 Å². The second kappa shape index (κ2) is 4.98. The van der Waals surface area contributed by atoms with Crippen LogP contribution in [-0.4, -0.2) is 40.3 Å². The minimum Gasteiger partial charge on any atom is -0.504 e. The van der Waals surface area contributed by atoms with Crippen molar-refractivity contribution in [2.24, 2.45) is 5.92 Å². The average molecular weight is 277 g/mol. The lowest BCUT2D eigenvalue weighted by Gasteiger charge is -2.23. The molecule has 2 bridgehead atoms. The highest BCUT2D eigenvalue weighted by Gasteiger charge is 2.48. The van der Waals surface area contributed by atoms with Crippen molar-refractivity contribution in [3.05, 3.63) is 23.8 Å². The largest absolute Gasteiger partial charge is 0.504 e. The van der Waals surface area contributed by atoms with Gasteiger partial charge in [-0.05, 0) is 37.0 Å². The van der Waals surface area contributed by atoms with Crippen molar-refractivity contribution in [1.29, 1.82) is 0 Å². The van der Waals surface area contributed by atoms with Crippen LogP contribution in [0.1, 0.15) is 24.8 Å². The van der Waals surface area contributed by atoms with Crippen LogP contribution in [0.25, 0.3) is 0 Å². The fourth-order valence-electron chi connectivity index (χ4n) is 3.66. The lowest BCUT2D eigenvalue weighted by molar-refractivity contribution is -0.142. The second-order valence-corrected chi connectivity index (χ2v) is 5.66. The smallest absolute Gasteiger partial charge is 0.308 e. The van der Waals surface area contributed by atoms with E-state index >= 15 is 0 Å². The van der Waals surface area contributed by atoms with Gasteiger partial charge in [0.2, 0.25) is 0 Å². The number of carbonyl (C=O) groups is 1. The molecule has 2 saturated heterocycles. The summed E-state index contributed by atoms with van der Waals surface area (Å²) in [6.07, 6.45) is 2.79. The van der Waals surface area contributed by atoms with Crippen molar-refractivity contribution in [3.63, 3.8) is 0 Å². The minimum absolute atomic E-state index is 0.131. The molecule has 1 aromatic rings. The summed E-state index contributed by atoms with van der Waals surface area (Å²) in [7, 11) is 1.52. The van der Waals surface area contributed by atoms with Gasteiger partial charge in [0.05, 0.1) is 13.0 Å². The van der Waals surface area contributed by atoms with Crippen molar-refractivity contribution >= 4 is 5.97 Å². The zero-order valence-corrected chi connectivity index (χ0v) is 11.5. The van der Waals surface area contributed by atoms with Crippen molar-refractivity contribution in [2.75, 3.05) is 7.11 Å². The molecule has 0 radical (unpaired) electrons. The van der Waals surface area contributed by atoms with Crippen molar-refractivity contribution < 1.29 is 19.7 Å². The standard InChI is InChI=1S/C15H19NO4/c1-20-14-5-2-9(6-13(14)17)8-16-10-3-4-12(16)11(7-10)15(18)19/h2,5-6,10-12,17H,3-4,7-8H2,1H3,(H,18,19). The Kier molecular flexibility index (Phi) is 3.30. The van der Waals surface area contributed by atoms with E-state index in [9.17, 15) is 15.0 Å². The highest BCUT2D eigenvalue weighted by Crippen LogP contribution is 2.43. The lowest BCUT2D eigenvalue weighted by Crippen LogP contribution is -2.32. The first kappa shape index (κ1) is 13.2. The van der Waals surface area contributed by atoms with Gasteiger partial charge in [0.1, 0.15) is 0 Å². The maximum Gasteiger partial charge on any atom is 0.308 e. The number of aromatic hydroxyl groups is 1. The van der Waals surface area contributed by atoms with E-state index in [0.717, 1.165) is 24.8 Å². The number of phenolic OH excluding ortho intramolecular Hbond substituents is 1. The molecule has 1 aromatic carbocycles. The fourth-order valence-corrected chi connectivity index (χ4v) is 3.66. The van der Waals surface area contributed by atoms with Gasteiger partial charge in [0.15, 0.2) is 11.5 Å². The van der Waals surface area contributed by atoms with E-state index < -0.39 is 5.97 Å². The van der Waals surface area contributed by atoms with Crippen LogP contribution in [0.15, 0.2) is 18.2 Å². The second-order valence-electron chi connectivity index (χ2n) is 5.66. The average Bonchev–Trinajstić information content (AvgIpc) is 2.96. The summed E-state index contributed by atoms with van der Waals surface area (Å²) in [4.78, 5) is 13.5. The number of phenols is 1. The molecule has 2 fully saturated rings. The van der Waals surface area contributed by atoms with Gasteiger partial charge in [0, 0.05) is 18.6 Å². The van der Waals surface area contributed by atoms with Gasteiger partial charge in [-0.15, -0.1) is 0 Å². The molecular weight excluding hydrogens is 258 g/mol. The Labute approximate surface area is 117 Å². The first-order chi connectivity index (χ1) is 9.60. The number of methoxy groups -OCH3 is 1. The van der Waals surface area contributed by atoms with Crippen molar-refractivity contribution in [3.8, 4) is 11.5 Å². The summed E-state index contributed by atoms with van der Waals surface area (Å²) < 4.78 is 5.03. The van der Waals surface area contributed by atoms with Gasteiger partial charge in [-0.1, -0.05) is 6.07 Å². The van der Waals surface area contributed by atoms with Gasteiger partial charge in [-0.3, -0.25) is 9.69 Å².